The van der Waals surface area contributed by atoms with E-state index in [0.29, 0.717) is 18.5 Å². The molecule has 0 aliphatic rings. The standard InChI is InChI=1S/C8H13N5O/c1-3-4-6-11-7(9)13-8(12-6)10-5-14-2/h3-4H,5H2,1-2H3,(H3,9,10,11,12,13). The van der Waals surface area contributed by atoms with Gasteiger partial charge in [-0.15, -0.1) is 0 Å². The van der Waals surface area contributed by atoms with Gasteiger partial charge in [0.15, 0.2) is 5.82 Å². The summed E-state index contributed by atoms with van der Waals surface area (Å²) < 4.78 is 4.82. The van der Waals surface area contributed by atoms with E-state index in [4.69, 9.17) is 10.5 Å². The van der Waals surface area contributed by atoms with Crippen LogP contribution in [0.5, 0.6) is 0 Å². The van der Waals surface area contributed by atoms with Crippen molar-refractivity contribution in [2.24, 2.45) is 0 Å². The molecule has 0 spiro atoms. The Bertz CT molecular complexity index is 326. The first-order chi connectivity index (χ1) is 6.76. The number of allylic oxidation sites excluding steroid dienone is 1. The maximum Gasteiger partial charge on any atom is 0.229 e. The molecule has 0 saturated heterocycles. The Morgan fingerprint density at radius 1 is 1.43 bits per heavy atom. The van der Waals surface area contributed by atoms with Crippen molar-refractivity contribution >= 4 is 18.0 Å². The Hall–Kier alpha value is -1.69. The molecule has 0 bridgehead atoms. The predicted molar refractivity (Wildman–Crippen MR) is 54.4 cm³/mol. The summed E-state index contributed by atoms with van der Waals surface area (Å²) in [5.41, 5.74) is 5.48. The van der Waals surface area contributed by atoms with Crippen LogP contribution in [0.15, 0.2) is 6.08 Å². The first kappa shape index (κ1) is 10.4. The quantitative estimate of drug-likeness (QED) is 0.680. The van der Waals surface area contributed by atoms with Crippen molar-refractivity contribution in [1.82, 2.24) is 15.0 Å². The summed E-state index contributed by atoms with van der Waals surface area (Å²) in [6, 6.07) is 0. The van der Waals surface area contributed by atoms with E-state index in [1.54, 1.807) is 13.2 Å². The number of hydrogen-bond acceptors (Lipinski definition) is 6. The number of nitrogen functional groups attached to an aromatic ring is 1. The summed E-state index contributed by atoms with van der Waals surface area (Å²) in [6.45, 7) is 2.21. The molecule has 6 heteroatoms. The highest BCUT2D eigenvalue weighted by molar-refractivity contribution is 5.44. The largest absolute Gasteiger partial charge is 0.368 e. The third-order valence-corrected chi connectivity index (χ3v) is 1.36. The Morgan fingerprint density at radius 3 is 2.86 bits per heavy atom. The molecule has 6 nitrogen and oxygen atoms in total. The highest BCUT2D eigenvalue weighted by Gasteiger charge is 2.00. The van der Waals surface area contributed by atoms with Crippen LogP contribution in [0, 0.1) is 0 Å². The summed E-state index contributed by atoms with van der Waals surface area (Å²) in [7, 11) is 1.57. The van der Waals surface area contributed by atoms with Gasteiger partial charge in [0, 0.05) is 7.11 Å². The summed E-state index contributed by atoms with van der Waals surface area (Å²) >= 11 is 0. The first-order valence-electron chi connectivity index (χ1n) is 4.13. The normalized spacial score (nSPS) is 10.7. The molecule has 1 rings (SSSR count). The van der Waals surface area contributed by atoms with Gasteiger partial charge < -0.3 is 15.8 Å². The van der Waals surface area contributed by atoms with Gasteiger partial charge >= 0.3 is 0 Å². The van der Waals surface area contributed by atoms with Crippen molar-refractivity contribution in [1.29, 1.82) is 0 Å². The summed E-state index contributed by atoms with van der Waals surface area (Å²) in [4.78, 5) is 11.9. The lowest BCUT2D eigenvalue weighted by atomic mass is 10.5. The molecule has 0 aliphatic heterocycles. The minimum absolute atomic E-state index is 0.187. The number of hydrogen-bond donors (Lipinski definition) is 2. The number of nitrogens with one attached hydrogen (secondary N) is 1. The van der Waals surface area contributed by atoms with E-state index >= 15 is 0 Å². The van der Waals surface area contributed by atoms with Crippen LogP contribution in [0.4, 0.5) is 11.9 Å². The molecule has 0 fully saturated rings. The van der Waals surface area contributed by atoms with E-state index in [1.165, 1.54) is 0 Å². The van der Waals surface area contributed by atoms with Gasteiger partial charge in [-0.1, -0.05) is 6.08 Å². The van der Waals surface area contributed by atoms with Gasteiger partial charge in [0.2, 0.25) is 11.9 Å². The molecule has 0 aliphatic carbocycles. The molecule has 0 saturated carbocycles. The third kappa shape index (κ3) is 2.98. The van der Waals surface area contributed by atoms with Gasteiger partial charge in [-0.25, -0.2) is 0 Å². The second kappa shape index (κ2) is 5.13. The number of rotatable bonds is 4. The smallest absolute Gasteiger partial charge is 0.229 e. The van der Waals surface area contributed by atoms with Crippen molar-refractivity contribution in [2.45, 2.75) is 6.92 Å². The molecule has 1 aromatic heterocycles. The van der Waals surface area contributed by atoms with Gasteiger partial charge in [0.25, 0.3) is 0 Å². The Labute approximate surface area is 82.2 Å². The number of aromatic nitrogens is 3. The molecular formula is C8H13N5O. The fourth-order valence-corrected chi connectivity index (χ4v) is 0.849. The number of anilines is 2. The van der Waals surface area contributed by atoms with Crippen LogP contribution in [-0.2, 0) is 4.74 Å². The monoisotopic (exact) mass is 195 g/mol. The van der Waals surface area contributed by atoms with Gasteiger partial charge in [-0.2, -0.15) is 15.0 Å². The molecule has 0 atom stereocenters. The van der Waals surface area contributed by atoms with E-state index in [-0.39, 0.29) is 5.95 Å². The number of nitrogens with two attached hydrogens (primary N) is 1. The highest BCUT2D eigenvalue weighted by Crippen LogP contribution is 2.03. The van der Waals surface area contributed by atoms with E-state index in [2.05, 4.69) is 20.3 Å². The fraction of sp³-hybridized carbons (Fsp3) is 0.375. The minimum Gasteiger partial charge on any atom is -0.368 e. The van der Waals surface area contributed by atoms with Crippen molar-refractivity contribution in [3.63, 3.8) is 0 Å². The van der Waals surface area contributed by atoms with E-state index in [1.807, 2.05) is 13.0 Å². The Balaban J connectivity index is 2.83. The minimum atomic E-state index is 0.187. The molecule has 0 aromatic carbocycles. The average Bonchev–Trinajstić information content (AvgIpc) is 2.14. The lowest BCUT2D eigenvalue weighted by Crippen LogP contribution is -2.10. The molecule has 0 radical (unpaired) electrons. The van der Waals surface area contributed by atoms with Crippen molar-refractivity contribution in [3.05, 3.63) is 11.9 Å². The van der Waals surface area contributed by atoms with Crippen LogP contribution >= 0.6 is 0 Å². The van der Waals surface area contributed by atoms with Crippen LogP contribution in [0.25, 0.3) is 6.08 Å². The molecule has 3 N–H and O–H groups in total. The van der Waals surface area contributed by atoms with Crippen LogP contribution in [0.1, 0.15) is 12.7 Å². The first-order valence-corrected chi connectivity index (χ1v) is 4.13. The Morgan fingerprint density at radius 2 is 2.21 bits per heavy atom. The molecule has 76 valence electrons. The van der Waals surface area contributed by atoms with E-state index in [0.717, 1.165) is 0 Å². The highest BCUT2D eigenvalue weighted by atomic mass is 16.5. The SMILES string of the molecule is CC=Cc1nc(N)nc(NCOC)n1. The maximum atomic E-state index is 5.48. The zero-order chi connectivity index (χ0) is 10.4. The summed E-state index contributed by atoms with van der Waals surface area (Å²) in [5, 5.41) is 2.84. The van der Waals surface area contributed by atoms with Crippen molar-refractivity contribution in [2.75, 3.05) is 24.9 Å². The van der Waals surface area contributed by atoms with Gasteiger partial charge in [-0.3, -0.25) is 0 Å². The number of ether oxygens (including phenoxy) is 1. The zero-order valence-corrected chi connectivity index (χ0v) is 8.19. The second-order valence-corrected chi connectivity index (χ2v) is 2.49. The van der Waals surface area contributed by atoms with Crippen LogP contribution in [0.2, 0.25) is 0 Å². The lowest BCUT2D eigenvalue weighted by molar-refractivity contribution is 0.220. The molecular weight excluding hydrogens is 182 g/mol. The third-order valence-electron chi connectivity index (χ3n) is 1.36. The number of nitrogens with zero attached hydrogens (tertiary/aromatic N) is 3. The molecule has 1 aromatic rings. The van der Waals surface area contributed by atoms with Gasteiger partial charge in [-0.05, 0) is 13.0 Å². The maximum absolute atomic E-state index is 5.48. The van der Waals surface area contributed by atoms with Crippen LogP contribution < -0.4 is 11.1 Å². The van der Waals surface area contributed by atoms with Crippen LogP contribution in [-0.4, -0.2) is 28.8 Å². The Kier molecular flexibility index (Phi) is 3.81. The van der Waals surface area contributed by atoms with Gasteiger partial charge in [0.05, 0.1) is 0 Å². The fourth-order valence-electron chi connectivity index (χ4n) is 0.849. The van der Waals surface area contributed by atoms with Gasteiger partial charge in [0.1, 0.15) is 6.73 Å². The summed E-state index contributed by atoms with van der Waals surface area (Å²) in [6.07, 6.45) is 3.57. The second-order valence-electron chi connectivity index (χ2n) is 2.49. The average molecular weight is 195 g/mol. The van der Waals surface area contributed by atoms with Crippen LogP contribution in [0.3, 0.4) is 0 Å². The topological polar surface area (TPSA) is 86.0 Å². The molecule has 1 heterocycles. The molecule has 14 heavy (non-hydrogen) atoms. The lowest BCUT2D eigenvalue weighted by Gasteiger charge is -2.03. The predicted octanol–water partition coefficient (Wildman–Crippen LogP) is 0.503. The van der Waals surface area contributed by atoms with Crippen molar-refractivity contribution < 1.29 is 4.74 Å². The summed E-state index contributed by atoms with van der Waals surface area (Å²) in [5.74, 6) is 1.12. The van der Waals surface area contributed by atoms with Crippen molar-refractivity contribution in [3.8, 4) is 0 Å². The molecule has 0 unspecified atom stereocenters. The molecule has 0 amide bonds. The number of methoxy groups -OCH3 is 1. The van der Waals surface area contributed by atoms with E-state index < -0.39 is 0 Å². The van der Waals surface area contributed by atoms with E-state index in [9.17, 15) is 0 Å². The zero-order valence-electron chi connectivity index (χ0n) is 8.19.